The van der Waals surface area contributed by atoms with E-state index in [4.69, 9.17) is 4.74 Å². The van der Waals surface area contributed by atoms with Gasteiger partial charge < -0.3 is 25.3 Å². The van der Waals surface area contributed by atoms with Crippen LogP contribution < -0.4 is 20.7 Å². The molecule has 0 aliphatic heterocycles. The van der Waals surface area contributed by atoms with Crippen molar-refractivity contribution in [1.82, 2.24) is 30.7 Å². The average molecular weight is 402 g/mol. The van der Waals surface area contributed by atoms with Gasteiger partial charge in [0, 0.05) is 20.6 Å². The summed E-state index contributed by atoms with van der Waals surface area (Å²) in [7, 11) is 5.20. The van der Waals surface area contributed by atoms with Gasteiger partial charge in [-0.25, -0.2) is 4.99 Å². The Morgan fingerprint density at radius 3 is 2.45 bits per heavy atom. The number of ether oxygens (including phenoxy) is 1. The van der Waals surface area contributed by atoms with Gasteiger partial charge in [-0.1, -0.05) is 12.1 Å². The highest BCUT2D eigenvalue weighted by Crippen LogP contribution is 2.14. The van der Waals surface area contributed by atoms with Gasteiger partial charge in [-0.3, -0.25) is 4.79 Å². The van der Waals surface area contributed by atoms with Crippen LogP contribution in [-0.2, 0) is 24.9 Å². The van der Waals surface area contributed by atoms with Crippen LogP contribution in [0.15, 0.2) is 29.3 Å². The maximum absolute atomic E-state index is 12.1. The summed E-state index contributed by atoms with van der Waals surface area (Å²) >= 11 is 0. The Hall–Kier alpha value is -3.10. The molecule has 0 atom stereocenters. The lowest BCUT2D eigenvalue weighted by Gasteiger charge is -2.24. The van der Waals surface area contributed by atoms with Crippen molar-refractivity contribution in [3.05, 3.63) is 41.5 Å². The highest BCUT2D eigenvalue weighted by Gasteiger charge is 2.26. The molecule has 0 saturated carbocycles. The zero-order valence-electron chi connectivity index (χ0n) is 18.0. The van der Waals surface area contributed by atoms with Crippen LogP contribution in [0.4, 0.5) is 0 Å². The minimum atomic E-state index is -0.585. The third kappa shape index (κ3) is 6.20. The summed E-state index contributed by atoms with van der Waals surface area (Å²) in [6.07, 6.45) is 0. The van der Waals surface area contributed by atoms with E-state index in [-0.39, 0.29) is 5.91 Å². The van der Waals surface area contributed by atoms with Crippen LogP contribution in [0, 0.1) is 12.3 Å². The first-order chi connectivity index (χ1) is 13.8. The highest BCUT2D eigenvalue weighted by molar-refractivity contribution is 5.84. The minimum Gasteiger partial charge on any atom is -0.497 e. The number of hydrogen-bond donors (Lipinski definition) is 3. The van der Waals surface area contributed by atoms with E-state index in [2.05, 4.69) is 31.1 Å². The van der Waals surface area contributed by atoms with E-state index in [1.54, 1.807) is 14.2 Å². The van der Waals surface area contributed by atoms with Gasteiger partial charge in [0.05, 0.1) is 25.6 Å². The summed E-state index contributed by atoms with van der Waals surface area (Å²) in [5.74, 6) is 3.00. The fraction of sp³-hybridized carbons (Fsp3) is 0.500. The van der Waals surface area contributed by atoms with Crippen LogP contribution >= 0.6 is 0 Å². The molecule has 2 aromatic rings. The molecule has 0 aliphatic carbocycles. The van der Waals surface area contributed by atoms with Gasteiger partial charge in [-0.05, 0) is 38.5 Å². The first-order valence-corrected chi connectivity index (χ1v) is 9.49. The number of rotatable bonds is 8. The molecular weight excluding hydrogens is 370 g/mol. The average Bonchev–Trinajstić information content (AvgIpc) is 3.05. The first-order valence-electron chi connectivity index (χ1n) is 9.49. The number of aliphatic imine (C=N–C) groups is 1. The standard InChI is InChI=1S/C20H31N7O2/c1-14-25-26-17(27(14)5)12-23-19(24-13-20(2,3)18(28)21-4)22-11-15-7-9-16(29-6)10-8-15/h7-10H,11-13H2,1-6H3,(H,21,28)(H2,22,23,24). The molecule has 9 nitrogen and oxygen atoms in total. The molecule has 29 heavy (non-hydrogen) atoms. The van der Waals surface area contributed by atoms with E-state index in [0.29, 0.717) is 25.6 Å². The van der Waals surface area contributed by atoms with Gasteiger partial charge in [-0.15, -0.1) is 10.2 Å². The summed E-state index contributed by atoms with van der Waals surface area (Å²) in [5, 5.41) is 17.5. The minimum absolute atomic E-state index is 0.0385. The lowest BCUT2D eigenvalue weighted by molar-refractivity contribution is -0.128. The molecule has 0 aliphatic rings. The van der Waals surface area contributed by atoms with Crippen molar-refractivity contribution in [2.45, 2.75) is 33.9 Å². The molecule has 2 rings (SSSR count). The summed E-state index contributed by atoms with van der Waals surface area (Å²) in [5.41, 5.74) is 0.463. The van der Waals surface area contributed by atoms with E-state index >= 15 is 0 Å². The van der Waals surface area contributed by atoms with Gasteiger partial charge in [0.2, 0.25) is 5.91 Å². The van der Waals surface area contributed by atoms with Gasteiger partial charge in [-0.2, -0.15) is 0 Å². The molecule has 1 heterocycles. The number of methoxy groups -OCH3 is 1. The summed E-state index contributed by atoms with van der Waals surface area (Å²) < 4.78 is 7.11. The number of hydrogen-bond acceptors (Lipinski definition) is 5. The number of amides is 1. The van der Waals surface area contributed by atoms with Gasteiger partial charge in [0.25, 0.3) is 0 Å². The SMILES string of the molecule is CNC(=O)C(C)(C)CNC(=NCc1ccc(OC)cc1)NCc1nnc(C)n1C. The molecule has 158 valence electrons. The summed E-state index contributed by atoms with van der Waals surface area (Å²) in [6.45, 7) is 7.04. The molecule has 0 spiro atoms. The number of nitrogens with zero attached hydrogens (tertiary/aromatic N) is 4. The fourth-order valence-corrected chi connectivity index (χ4v) is 2.57. The van der Waals surface area contributed by atoms with Crippen molar-refractivity contribution in [1.29, 1.82) is 0 Å². The molecule has 0 bridgehead atoms. The van der Waals surface area contributed by atoms with Crippen LogP contribution in [0.1, 0.15) is 31.1 Å². The van der Waals surface area contributed by atoms with E-state index in [0.717, 1.165) is 23.0 Å². The number of benzene rings is 1. The molecule has 1 amide bonds. The molecule has 1 aromatic carbocycles. The number of aromatic nitrogens is 3. The summed E-state index contributed by atoms with van der Waals surface area (Å²) in [6, 6.07) is 7.76. The Labute approximate surface area is 172 Å². The Bertz CT molecular complexity index is 841. The van der Waals surface area contributed by atoms with E-state index < -0.39 is 5.41 Å². The van der Waals surface area contributed by atoms with E-state index in [9.17, 15) is 4.79 Å². The number of nitrogens with one attached hydrogen (secondary N) is 3. The van der Waals surface area contributed by atoms with Crippen molar-refractivity contribution in [3.8, 4) is 5.75 Å². The first kappa shape index (κ1) is 22.2. The van der Waals surface area contributed by atoms with Crippen LogP contribution in [0.5, 0.6) is 5.75 Å². The van der Waals surface area contributed by atoms with E-state index in [1.165, 1.54) is 0 Å². The van der Waals surface area contributed by atoms with Crippen molar-refractivity contribution < 1.29 is 9.53 Å². The number of carbonyl (C=O) groups excluding carboxylic acids is 1. The van der Waals surface area contributed by atoms with Crippen LogP contribution in [0.25, 0.3) is 0 Å². The predicted octanol–water partition coefficient (Wildman–Crippen LogP) is 1.14. The van der Waals surface area contributed by atoms with Crippen molar-refractivity contribution in [3.63, 3.8) is 0 Å². The zero-order valence-corrected chi connectivity index (χ0v) is 18.0. The van der Waals surface area contributed by atoms with Crippen molar-refractivity contribution in [2.24, 2.45) is 17.5 Å². The third-order valence-electron chi connectivity index (χ3n) is 4.71. The Morgan fingerprint density at radius 1 is 1.21 bits per heavy atom. The Morgan fingerprint density at radius 2 is 1.90 bits per heavy atom. The number of guanidine groups is 1. The van der Waals surface area contributed by atoms with Crippen molar-refractivity contribution in [2.75, 3.05) is 20.7 Å². The van der Waals surface area contributed by atoms with Crippen molar-refractivity contribution >= 4 is 11.9 Å². The zero-order chi connectivity index (χ0) is 21.4. The second-order valence-electron chi connectivity index (χ2n) is 7.41. The molecule has 9 heteroatoms. The van der Waals surface area contributed by atoms with Gasteiger partial charge in [0.15, 0.2) is 11.8 Å². The fourth-order valence-electron chi connectivity index (χ4n) is 2.57. The Kier molecular flexibility index (Phi) is 7.58. The molecule has 0 unspecified atom stereocenters. The summed E-state index contributed by atoms with van der Waals surface area (Å²) in [4.78, 5) is 16.7. The maximum atomic E-state index is 12.1. The lowest BCUT2D eigenvalue weighted by Crippen LogP contribution is -2.47. The normalized spacial score (nSPS) is 11.9. The van der Waals surface area contributed by atoms with Crippen LogP contribution in [0.3, 0.4) is 0 Å². The predicted molar refractivity (Wildman–Crippen MR) is 113 cm³/mol. The second kappa shape index (κ2) is 9.90. The largest absolute Gasteiger partial charge is 0.497 e. The smallest absolute Gasteiger partial charge is 0.227 e. The quantitative estimate of drug-likeness (QED) is 0.453. The topological polar surface area (TPSA) is 105 Å². The number of aryl methyl sites for hydroxylation is 1. The van der Waals surface area contributed by atoms with E-state index in [1.807, 2.05) is 56.7 Å². The third-order valence-corrected chi connectivity index (χ3v) is 4.71. The molecule has 3 N–H and O–H groups in total. The second-order valence-corrected chi connectivity index (χ2v) is 7.41. The molecule has 0 saturated heterocycles. The Balaban J connectivity index is 2.09. The monoisotopic (exact) mass is 401 g/mol. The molecule has 1 aromatic heterocycles. The maximum Gasteiger partial charge on any atom is 0.227 e. The van der Waals surface area contributed by atoms with Crippen LogP contribution in [0.2, 0.25) is 0 Å². The number of carbonyl (C=O) groups is 1. The molecule has 0 fully saturated rings. The molecular formula is C20H31N7O2. The van der Waals surface area contributed by atoms with Gasteiger partial charge in [0.1, 0.15) is 11.6 Å². The van der Waals surface area contributed by atoms with Gasteiger partial charge >= 0.3 is 0 Å². The molecule has 0 radical (unpaired) electrons. The lowest BCUT2D eigenvalue weighted by atomic mass is 9.92. The highest BCUT2D eigenvalue weighted by atomic mass is 16.5. The van der Waals surface area contributed by atoms with Crippen LogP contribution in [-0.4, -0.2) is 47.3 Å².